The molecule has 7 nitrogen and oxygen atoms in total. The van der Waals surface area contributed by atoms with Crippen molar-refractivity contribution >= 4 is 33.0 Å². The summed E-state index contributed by atoms with van der Waals surface area (Å²) in [6.07, 6.45) is -0.547. The lowest BCUT2D eigenvalue weighted by Crippen LogP contribution is -2.49. The molecule has 0 bridgehead atoms. The van der Waals surface area contributed by atoms with Crippen molar-refractivity contribution in [2.45, 2.75) is 17.9 Å². The molecular formula is C18H23N3O4S2. The van der Waals surface area contributed by atoms with Crippen molar-refractivity contribution in [3.63, 3.8) is 0 Å². The summed E-state index contributed by atoms with van der Waals surface area (Å²) in [5.41, 5.74) is 0.564. The van der Waals surface area contributed by atoms with E-state index in [0.717, 1.165) is 4.88 Å². The summed E-state index contributed by atoms with van der Waals surface area (Å²) in [6.45, 7) is 3.82. The predicted molar refractivity (Wildman–Crippen MR) is 105 cm³/mol. The van der Waals surface area contributed by atoms with Gasteiger partial charge >= 0.3 is 0 Å². The zero-order chi connectivity index (χ0) is 19.4. The average molecular weight is 410 g/mol. The highest BCUT2D eigenvalue weighted by Gasteiger charge is 2.29. The second-order valence-electron chi connectivity index (χ2n) is 6.44. The quantitative estimate of drug-likeness (QED) is 0.759. The lowest BCUT2D eigenvalue weighted by molar-refractivity contribution is -0.114. The minimum absolute atomic E-state index is 0.202. The number of hydrogen-bond acceptors (Lipinski definition) is 6. The predicted octanol–water partition coefficient (Wildman–Crippen LogP) is 1.75. The Morgan fingerprint density at radius 3 is 2.41 bits per heavy atom. The lowest BCUT2D eigenvalue weighted by Gasteiger charge is -2.34. The molecule has 1 saturated heterocycles. The smallest absolute Gasteiger partial charge is 0.243 e. The average Bonchev–Trinajstić information content (AvgIpc) is 3.17. The first-order chi connectivity index (χ1) is 12.9. The van der Waals surface area contributed by atoms with E-state index in [2.05, 4.69) is 10.2 Å². The van der Waals surface area contributed by atoms with Crippen LogP contribution in [0, 0.1) is 0 Å². The van der Waals surface area contributed by atoms with Gasteiger partial charge in [-0.2, -0.15) is 4.31 Å². The van der Waals surface area contributed by atoms with Gasteiger partial charge in [-0.3, -0.25) is 9.69 Å². The van der Waals surface area contributed by atoms with Crippen LogP contribution in [-0.2, 0) is 14.8 Å². The number of anilines is 1. The molecule has 3 rings (SSSR count). The van der Waals surface area contributed by atoms with E-state index in [1.165, 1.54) is 34.7 Å². The van der Waals surface area contributed by atoms with E-state index >= 15 is 0 Å². The van der Waals surface area contributed by atoms with Crippen molar-refractivity contribution in [2.24, 2.45) is 0 Å². The number of aliphatic hydroxyl groups excluding tert-OH is 1. The van der Waals surface area contributed by atoms with Crippen LogP contribution in [0.25, 0.3) is 0 Å². The maximum Gasteiger partial charge on any atom is 0.243 e. The Balaban J connectivity index is 1.58. The number of amides is 1. The van der Waals surface area contributed by atoms with Crippen LogP contribution in [-0.4, -0.2) is 61.4 Å². The molecule has 1 aliphatic rings. The molecule has 1 aliphatic heterocycles. The van der Waals surface area contributed by atoms with Gasteiger partial charge in [0.2, 0.25) is 15.9 Å². The van der Waals surface area contributed by atoms with Crippen LogP contribution >= 0.6 is 11.3 Å². The number of aliphatic hydroxyl groups is 1. The highest BCUT2D eigenvalue weighted by Crippen LogP contribution is 2.23. The van der Waals surface area contributed by atoms with Gasteiger partial charge in [0, 0.05) is 50.2 Å². The Morgan fingerprint density at radius 1 is 1.19 bits per heavy atom. The molecule has 0 aliphatic carbocycles. The minimum atomic E-state index is -3.57. The van der Waals surface area contributed by atoms with Gasteiger partial charge < -0.3 is 10.4 Å². The Bertz CT molecular complexity index is 859. The molecule has 2 N–H and O–H groups in total. The van der Waals surface area contributed by atoms with E-state index < -0.39 is 16.1 Å². The third-order valence-electron chi connectivity index (χ3n) is 4.45. The van der Waals surface area contributed by atoms with E-state index in [9.17, 15) is 18.3 Å². The normalized spacial score (nSPS) is 17.6. The summed E-state index contributed by atoms with van der Waals surface area (Å²) in [5.74, 6) is -0.202. The highest BCUT2D eigenvalue weighted by atomic mass is 32.2. The van der Waals surface area contributed by atoms with Crippen molar-refractivity contribution in [2.75, 3.05) is 38.0 Å². The second-order valence-corrected chi connectivity index (χ2v) is 9.36. The third kappa shape index (κ3) is 4.94. The molecular weight excluding hydrogens is 386 g/mol. The number of carbonyl (C=O) groups is 1. The van der Waals surface area contributed by atoms with Crippen LogP contribution in [0.5, 0.6) is 0 Å². The van der Waals surface area contributed by atoms with Gasteiger partial charge in [0.15, 0.2) is 0 Å². The molecule has 146 valence electrons. The number of sulfonamides is 1. The Hall–Kier alpha value is -1.78. The molecule has 0 spiro atoms. The molecule has 1 atom stereocenters. The Labute approximate surface area is 163 Å². The number of carbonyl (C=O) groups excluding carboxylic acids is 1. The van der Waals surface area contributed by atoms with E-state index in [1.807, 2.05) is 17.5 Å². The molecule has 1 fully saturated rings. The number of rotatable bonds is 6. The van der Waals surface area contributed by atoms with Crippen molar-refractivity contribution in [3.8, 4) is 0 Å². The third-order valence-corrected chi connectivity index (χ3v) is 7.33. The number of nitrogens with one attached hydrogen (secondary N) is 1. The Morgan fingerprint density at radius 2 is 1.85 bits per heavy atom. The maximum atomic E-state index is 12.8. The van der Waals surface area contributed by atoms with E-state index in [0.29, 0.717) is 38.4 Å². The van der Waals surface area contributed by atoms with Crippen LogP contribution in [0.2, 0.25) is 0 Å². The standard InChI is InChI=1S/C18H23N3O4S2/c1-14(22)19-15-4-6-16(7-5-15)27(24,25)21-10-8-20(9-11-21)13-17(23)18-3-2-12-26-18/h2-7,12,17,23H,8-11,13H2,1H3,(H,19,22). The molecule has 1 amide bonds. The molecule has 9 heteroatoms. The van der Waals surface area contributed by atoms with Crippen LogP contribution < -0.4 is 5.32 Å². The summed E-state index contributed by atoms with van der Waals surface area (Å²) in [7, 11) is -3.57. The first-order valence-electron chi connectivity index (χ1n) is 8.68. The van der Waals surface area contributed by atoms with Crippen molar-refractivity contribution in [1.29, 1.82) is 0 Å². The summed E-state index contributed by atoms with van der Waals surface area (Å²) in [5, 5.41) is 14.8. The number of hydrogen-bond donors (Lipinski definition) is 2. The fraction of sp³-hybridized carbons (Fsp3) is 0.389. The zero-order valence-electron chi connectivity index (χ0n) is 15.0. The van der Waals surface area contributed by atoms with Gasteiger partial charge in [-0.15, -0.1) is 11.3 Å². The molecule has 0 radical (unpaired) electrons. The van der Waals surface area contributed by atoms with Gasteiger partial charge in [-0.25, -0.2) is 8.42 Å². The summed E-state index contributed by atoms with van der Waals surface area (Å²) < 4.78 is 27.1. The van der Waals surface area contributed by atoms with Gasteiger partial charge in [0.1, 0.15) is 6.10 Å². The largest absolute Gasteiger partial charge is 0.386 e. The van der Waals surface area contributed by atoms with Gasteiger partial charge in [-0.05, 0) is 35.7 Å². The molecule has 2 aromatic rings. The van der Waals surface area contributed by atoms with Crippen LogP contribution in [0.4, 0.5) is 5.69 Å². The fourth-order valence-electron chi connectivity index (χ4n) is 3.03. The number of β-amino-alcohol motifs (C(OH)–C–C–N with tert-alkyl or cyclic N) is 1. The maximum absolute atomic E-state index is 12.8. The van der Waals surface area contributed by atoms with Crippen LogP contribution in [0.1, 0.15) is 17.9 Å². The molecule has 1 unspecified atom stereocenters. The monoisotopic (exact) mass is 409 g/mol. The first kappa shape index (κ1) is 20.0. The fourth-order valence-corrected chi connectivity index (χ4v) is 5.16. The zero-order valence-corrected chi connectivity index (χ0v) is 16.7. The molecule has 1 aromatic carbocycles. The molecule has 27 heavy (non-hydrogen) atoms. The number of thiophene rings is 1. The SMILES string of the molecule is CC(=O)Nc1ccc(S(=O)(=O)N2CCN(CC(O)c3cccs3)CC2)cc1. The number of piperazine rings is 1. The van der Waals surface area contributed by atoms with Gasteiger partial charge in [-0.1, -0.05) is 6.07 Å². The minimum Gasteiger partial charge on any atom is -0.386 e. The van der Waals surface area contributed by atoms with Crippen molar-refractivity contribution < 1.29 is 18.3 Å². The number of benzene rings is 1. The second kappa shape index (κ2) is 8.49. The topological polar surface area (TPSA) is 90.0 Å². The molecule has 2 heterocycles. The van der Waals surface area contributed by atoms with E-state index in [4.69, 9.17) is 0 Å². The first-order valence-corrected chi connectivity index (χ1v) is 11.0. The summed E-state index contributed by atoms with van der Waals surface area (Å²) >= 11 is 1.52. The van der Waals surface area contributed by atoms with E-state index in [-0.39, 0.29) is 10.8 Å². The van der Waals surface area contributed by atoms with Gasteiger partial charge in [0.05, 0.1) is 4.90 Å². The Kier molecular flexibility index (Phi) is 6.28. The molecule has 1 aromatic heterocycles. The van der Waals surface area contributed by atoms with Gasteiger partial charge in [0.25, 0.3) is 0 Å². The summed E-state index contributed by atoms with van der Waals surface area (Å²) in [4.78, 5) is 14.3. The van der Waals surface area contributed by atoms with Crippen LogP contribution in [0.3, 0.4) is 0 Å². The molecule has 0 saturated carbocycles. The van der Waals surface area contributed by atoms with Crippen LogP contribution in [0.15, 0.2) is 46.7 Å². The van der Waals surface area contributed by atoms with Crippen molar-refractivity contribution in [3.05, 3.63) is 46.7 Å². The van der Waals surface area contributed by atoms with E-state index in [1.54, 1.807) is 12.1 Å². The highest BCUT2D eigenvalue weighted by molar-refractivity contribution is 7.89. The van der Waals surface area contributed by atoms with Crippen molar-refractivity contribution in [1.82, 2.24) is 9.21 Å². The summed E-state index contributed by atoms with van der Waals surface area (Å²) in [6, 6.07) is 10.00. The lowest BCUT2D eigenvalue weighted by atomic mass is 10.2. The number of nitrogens with zero attached hydrogens (tertiary/aromatic N) is 2.